The summed E-state index contributed by atoms with van der Waals surface area (Å²) in [7, 11) is 0. The molecule has 0 bridgehead atoms. The van der Waals surface area contributed by atoms with Gasteiger partial charge in [0.1, 0.15) is 0 Å². The third-order valence-electron chi connectivity index (χ3n) is 3.27. The summed E-state index contributed by atoms with van der Waals surface area (Å²) in [5.74, 6) is 0.838. The summed E-state index contributed by atoms with van der Waals surface area (Å²) in [5.41, 5.74) is 5.64. The molecule has 1 N–H and O–H groups in total. The molecule has 0 saturated heterocycles. The smallest absolute Gasteiger partial charge is 0.0488 e. The number of para-hydroxylation sites is 1. The Morgan fingerprint density at radius 3 is 2.71 bits per heavy atom. The summed E-state index contributed by atoms with van der Waals surface area (Å²) >= 11 is 0. The highest BCUT2D eigenvalue weighted by Crippen LogP contribution is 2.45. The van der Waals surface area contributed by atoms with Crippen LogP contribution in [-0.4, -0.2) is 4.98 Å². The Labute approximate surface area is 84.1 Å². The maximum Gasteiger partial charge on any atom is 0.0488 e. The fourth-order valence-electron chi connectivity index (χ4n) is 2.41. The normalized spacial score (nSPS) is 16.4. The van der Waals surface area contributed by atoms with Gasteiger partial charge in [-0.25, -0.2) is 0 Å². The Kier molecular flexibility index (Phi) is 1.52. The van der Waals surface area contributed by atoms with Crippen molar-refractivity contribution in [2.75, 3.05) is 0 Å². The van der Waals surface area contributed by atoms with Crippen LogP contribution in [0.2, 0.25) is 0 Å². The number of aryl methyl sites for hydroxylation is 2. The molecule has 72 valence electrons. The van der Waals surface area contributed by atoms with Gasteiger partial charge in [-0.1, -0.05) is 18.2 Å². The second-order valence-electron chi connectivity index (χ2n) is 4.44. The number of nitrogens with one attached hydrogen (secondary N) is 1. The van der Waals surface area contributed by atoms with Gasteiger partial charge in [0.05, 0.1) is 0 Å². The summed E-state index contributed by atoms with van der Waals surface area (Å²) in [6.07, 6.45) is 2.75. The lowest BCUT2D eigenvalue weighted by atomic mass is 10.1. The van der Waals surface area contributed by atoms with Crippen LogP contribution in [0.5, 0.6) is 0 Å². The van der Waals surface area contributed by atoms with Gasteiger partial charge in [-0.05, 0) is 43.7 Å². The van der Waals surface area contributed by atoms with E-state index in [1.54, 1.807) is 5.56 Å². The Balaban J connectivity index is 2.37. The zero-order valence-electron chi connectivity index (χ0n) is 8.72. The molecule has 1 heteroatoms. The number of benzene rings is 1. The van der Waals surface area contributed by atoms with Crippen molar-refractivity contribution in [3.63, 3.8) is 0 Å². The van der Waals surface area contributed by atoms with Gasteiger partial charge < -0.3 is 4.98 Å². The molecule has 1 nitrogen and oxygen atoms in total. The molecule has 14 heavy (non-hydrogen) atoms. The van der Waals surface area contributed by atoms with E-state index in [-0.39, 0.29) is 0 Å². The monoisotopic (exact) mass is 185 g/mol. The molecule has 0 atom stereocenters. The average Bonchev–Trinajstić information content (AvgIpc) is 2.91. The summed E-state index contributed by atoms with van der Waals surface area (Å²) in [5, 5.41) is 1.45. The first-order valence-corrected chi connectivity index (χ1v) is 5.35. The molecular formula is C13H15N. The Bertz CT molecular complexity index is 489. The van der Waals surface area contributed by atoms with Crippen LogP contribution in [0, 0.1) is 13.8 Å². The van der Waals surface area contributed by atoms with E-state index in [2.05, 4.69) is 37.0 Å². The van der Waals surface area contributed by atoms with Gasteiger partial charge in [0, 0.05) is 16.6 Å². The molecule has 1 aliphatic carbocycles. The molecule has 3 rings (SSSR count). The van der Waals surface area contributed by atoms with E-state index < -0.39 is 0 Å². The average molecular weight is 185 g/mol. The standard InChI is InChI=1S/C13H15N/c1-8-4-3-5-11-12(10-6-7-10)9(2)14-13(8)11/h3-5,10,14H,6-7H2,1-2H3. The lowest BCUT2D eigenvalue weighted by molar-refractivity contribution is 1.10. The molecule has 0 spiro atoms. The van der Waals surface area contributed by atoms with Crippen LogP contribution >= 0.6 is 0 Å². The fraction of sp³-hybridized carbons (Fsp3) is 0.385. The molecule has 1 aromatic heterocycles. The van der Waals surface area contributed by atoms with Crippen molar-refractivity contribution in [3.8, 4) is 0 Å². The minimum atomic E-state index is 0.838. The second kappa shape index (κ2) is 2.63. The van der Waals surface area contributed by atoms with Crippen molar-refractivity contribution in [3.05, 3.63) is 35.0 Å². The molecule has 0 aliphatic heterocycles. The third kappa shape index (κ3) is 1.02. The first-order valence-electron chi connectivity index (χ1n) is 5.35. The highest BCUT2D eigenvalue weighted by atomic mass is 14.7. The Morgan fingerprint density at radius 2 is 2.00 bits per heavy atom. The second-order valence-corrected chi connectivity index (χ2v) is 4.44. The van der Waals surface area contributed by atoms with Gasteiger partial charge in [0.15, 0.2) is 0 Å². The summed E-state index contributed by atoms with van der Waals surface area (Å²) in [6, 6.07) is 6.59. The fourth-order valence-corrected chi connectivity index (χ4v) is 2.41. The van der Waals surface area contributed by atoms with Crippen molar-refractivity contribution >= 4 is 10.9 Å². The third-order valence-corrected chi connectivity index (χ3v) is 3.27. The largest absolute Gasteiger partial charge is 0.358 e. The van der Waals surface area contributed by atoms with Crippen molar-refractivity contribution in [2.24, 2.45) is 0 Å². The van der Waals surface area contributed by atoms with Gasteiger partial charge >= 0.3 is 0 Å². The number of aromatic amines is 1. The minimum Gasteiger partial charge on any atom is -0.358 e. The van der Waals surface area contributed by atoms with E-state index in [1.165, 1.54) is 35.0 Å². The Morgan fingerprint density at radius 1 is 1.21 bits per heavy atom. The summed E-state index contributed by atoms with van der Waals surface area (Å²) in [4.78, 5) is 3.52. The zero-order valence-corrected chi connectivity index (χ0v) is 8.72. The maximum absolute atomic E-state index is 3.52. The predicted molar refractivity (Wildman–Crippen MR) is 59.7 cm³/mol. The van der Waals surface area contributed by atoms with Crippen molar-refractivity contribution in [2.45, 2.75) is 32.6 Å². The SMILES string of the molecule is Cc1[nH]c2c(C)cccc2c1C1CC1. The first kappa shape index (κ1) is 8.10. The van der Waals surface area contributed by atoms with Crippen LogP contribution in [0.25, 0.3) is 10.9 Å². The molecule has 0 unspecified atom stereocenters. The number of H-pyrrole nitrogens is 1. The van der Waals surface area contributed by atoms with Crippen LogP contribution in [-0.2, 0) is 0 Å². The lowest BCUT2D eigenvalue weighted by Gasteiger charge is -1.97. The number of aromatic nitrogens is 1. The van der Waals surface area contributed by atoms with E-state index in [0.29, 0.717) is 0 Å². The highest BCUT2D eigenvalue weighted by Gasteiger charge is 2.28. The molecule has 1 fully saturated rings. The van der Waals surface area contributed by atoms with Crippen LogP contribution < -0.4 is 0 Å². The zero-order chi connectivity index (χ0) is 9.71. The summed E-state index contributed by atoms with van der Waals surface area (Å²) in [6.45, 7) is 4.38. The van der Waals surface area contributed by atoms with Gasteiger partial charge in [0.25, 0.3) is 0 Å². The lowest BCUT2D eigenvalue weighted by Crippen LogP contribution is -1.79. The molecule has 1 saturated carbocycles. The van der Waals surface area contributed by atoms with Crippen LogP contribution in [0.15, 0.2) is 18.2 Å². The van der Waals surface area contributed by atoms with E-state index in [9.17, 15) is 0 Å². The van der Waals surface area contributed by atoms with E-state index in [0.717, 1.165) is 5.92 Å². The van der Waals surface area contributed by atoms with Gasteiger partial charge in [-0.2, -0.15) is 0 Å². The number of hydrogen-bond acceptors (Lipinski definition) is 0. The van der Waals surface area contributed by atoms with Crippen LogP contribution in [0.4, 0.5) is 0 Å². The van der Waals surface area contributed by atoms with E-state index in [4.69, 9.17) is 0 Å². The van der Waals surface area contributed by atoms with E-state index >= 15 is 0 Å². The quantitative estimate of drug-likeness (QED) is 0.697. The van der Waals surface area contributed by atoms with Gasteiger partial charge in [-0.3, -0.25) is 0 Å². The summed E-state index contributed by atoms with van der Waals surface area (Å²) < 4.78 is 0. The number of hydrogen-bond donors (Lipinski definition) is 1. The number of rotatable bonds is 1. The predicted octanol–water partition coefficient (Wildman–Crippen LogP) is 3.66. The molecule has 0 radical (unpaired) electrons. The molecule has 1 aliphatic rings. The first-order chi connectivity index (χ1) is 6.77. The van der Waals surface area contributed by atoms with Crippen LogP contribution in [0.3, 0.4) is 0 Å². The molecular weight excluding hydrogens is 170 g/mol. The maximum atomic E-state index is 3.52. The van der Waals surface area contributed by atoms with Crippen molar-refractivity contribution in [1.29, 1.82) is 0 Å². The van der Waals surface area contributed by atoms with Crippen molar-refractivity contribution < 1.29 is 0 Å². The highest BCUT2D eigenvalue weighted by molar-refractivity contribution is 5.88. The molecule has 1 heterocycles. The van der Waals surface area contributed by atoms with Gasteiger partial charge in [-0.15, -0.1) is 0 Å². The molecule has 1 aromatic carbocycles. The molecule has 2 aromatic rings. The molecule has 0 amide bonds. The topological polar surface area (TPSA) is 15.8 Å². The van der Waals surface area contributed by atoms with Gasteiger partial charge in [0.2, 0.25) is 0 Å². The Hall–Kier alpha value is -1.24. The van der Waals surface area contributed by atoms with Crippen molar-refractivity contribution in [1.82, 2.24) is 4.98 Å². The van der Waals surface area contributed by atoms with Crippen LogP contribution in [0.1, 0.15) is 35.6 Å². The number of fused-ring (bicyclic) bond motifs is 1. The minimum absolute atomic E-state index is 0.838. The van der Waals surface area contributed by atoms with E-state index in [1.807, 2.05) is 0 Å².